The SMILES string of the molecule is CCCOC(=O)C1(C(=O)OCCC[SiH](C)C)CC2C=CC1C2. The number of allylic oxidation sites excluding steroid dienone is 2. The summed E-state index contributed by atoms with van der Waals surface area (Å²) in [6.45, 7) is 7.31. The fourth-order valence-electron chi connectivity index (χ4n) is 3.52. The molecule has 2 aliphatic rings. The zero-order valence-electron chi connectivity index (χ0n) is 14.0. The molecule has 0 heterocycles. The van der Waals surface area contributed by atoms with Crippen LogP contribution in [0.25, 0.3) is 0 Å². The van der Waals surface area contributed by atoms with Gasteiger partial charge in [-0.3, -0.25) is 9.59 Å². The fraction of sp³-hybridized carbons (Fsp3) is 0.765. The zero-order valence-corrected chi connectivity index (χ0v) is 15.1. The van der Waals surface area contributed by atoms with Gasteiger partial charge in [0, 0.05) is 14.7 Å². The van der Waals surface area contributed by atoms with Gasteiger partial charge in [0.2, 0.25) is 0 Å². The van der Waals surface area contributed by atoms with Gasteiger partial charge in [-0.05, 0) is 31.6 Å². The maximum absolute atomic E-state index is 12.7. The van der Waals surface area contributed by atoms with Crippen LogP contribution in [-0.2, 0) is 19.1 Å². The van der Waals surface area contributed by atoms with E-state index in [1.54, 1.807) is 0 Å². The van der Waals surface area contributed by atoms with Gasteiger partial charge in [-0.2, -0.15) is 0 Å². The second-order valence-corrected chi connectivity index (χ2v) is 10.3. The molecule has 0 radical (unpaired) electrons. The quantitative estimate of drug-likeness (QED) is 0.226. The normalized spacial score (nSPS) is 29.1. The van der Waals surface area contributed by atoms with Crippen LogP contribution in [-0.4, -0.2) is 33.9 Å². The second-order valence-electron chi connectivity index (χ2n) is 6.97. The van der Waals surface area contributed by atoms with Crippen molar-refractivity contribution in [3.8, 4) is 0 Å². The molecule has 22 heavy (non-hydrogen) atoms. The van der Waals surface area contributed by atoms with E-state index in [1.165, 1.54) is 0 Å². The number of rotatable bonds is 8. The van der Waals surface area contributed by atoms with Gasteiger partial charge in [0.25, 0.3) is 0 Å². The molecule has 0 aromatic heterocycles. The molecule has 3 atom stereocenters. The Balaban J connectivity index is 2.01. The van der Waals surface area contributed by atoms with E-state index in [9.17, 15) is 9.59 Å². The third-order valence-corrected chi connectivity index (χ3v) is 6.28. The lowest BCUT2D eigenvalue weighted by Crippen LogP contribution is -2.45. The number of hydrogen-bond acceptors (Lipinski definition) is 4. The van der Waals surface area contributed by atoms with Crippen LogP contribution in [0.1, 0.15) is 32.6 Å². The van der Waals surface area contributed by atoms with Crippen molar-refractivity contribution in [1.29, 1.82) is 0 Å². The Bertz CT molecular complexity index is 446. The van der Waals surface area contributed by atoms with Crippen molar-refractivity contribution in [3.63, 3.8) is 0 Å². The summed E-state index contributed by atoms with van der Waals surface area (Å²) in [5, 5.41) is 0. The molecule has 124 valence electrons. The Morgan fingerprint density at radius 1 is 1.18 bits per heavy atom. The van der Waals surface area contributed by atoms with E-state index in [4.69, 9.17) is 9.47 Å². The van der Waals surface area contributed by atoms with Gasteiger partial charge in [-0.25, -0.2) is 0 Å². The highest BCUT2D eigenvalue weighted by atomic mass is 28.3. The van der Waals surface area contributed by atoms with E-state index in [0.29, 0.717) is 25.6 Å². The number of fused-ring (bicyclic) bond motifs is 2. The third-order valence-electron chi connectivity index (χ3n) is 4.71. The Labute approximate surface area is 134 Å². The summed E-state index contributed by atoms with van der Waals surface area (Å²) in [6.07, 6.45) is 7.21. The number of carbonyl (C=O) groups is 2. The van der Waals surface area contributed by atoms with E-state index in [-0.39, 0.29) is 17.9 Å². The standard InChI is InChI=1S/C17H28O4Si/c1-4-8-20-15(18)17(12-13-6-7-14(17)11-13)16(19)21-9-5-10-22(2)3/h6-7,13-14,22H,4-5,8-12H2,1-3H3. The average Bonchev–Trinajstić information content (AvgIpc) is 3.10. The molecule has 3 unspecified atom stereocenters. The van der Waals surface area contributed by atoms with Crippen LogP contribution in [0.15, 0.2) is 12.2 Å². The molecular weight excluding hydrogens is 296 g/mol. The monoisotopic (exact) mass is 324 g/mol. The topological polar surface area (TPSA) is 52.6 Å². The molecule has 0 aromatic carbocycles. The minimum atomic E-state index is -1.08. The first-order valence-electron chi connectivity index (χ1n) is 8.53. The summed E-state index contributed by atoms with van der Waals surface area (Å²) in [7, 11) is -0.619. The molecule has 1 saturated carbocycles. The molecule has 4 nitrogen and oxygen atoms in total. The van der Waals surface area contributed by atoms with Gasteiger partial charge in [0.15, 0.2) is 5.41 Å². The molecule has 0 N–H and O–H groups in total. The Kier molecular flexibility index (Phi) is 5.84. The fourth-order valence-corrected chi connectivity index (χ4v) is 4.50. The zero-order chi connectivity index (χ0) is 16.2. The van der Waals surface area contributed by atoms with Crippen LogP contribution in [0.3, 0.4) is 0 Å². The first-order chi connectivity index (χ1) is 10.5. The van der Waals surface area contributed by atoms with Gasteiger partial charge in [-0.15, -0.1) is 0 Å². The summed E-state index contributed by atoms with van der Waals surface area (Å²) in [4.78, 5) is 25.2. The molecular formula is C17H28O4Si. The highest BCUT2D eigenvalue weighted by Gasteiger charge is 2.60. The maximum Gasteiger partial charge on any atom is 0.324 e. The molecule has 0 spiro atoms. The highest BCUT2D eigenvalue weighted by Crippen LogP contribution is 2.53. The lowest BCUT2D eigenvalue weighted by atomic mass is 9.75. The van der Waals surface area contributed by atoms with Gasteiger partial charge in [-0.1, -0.05) is 38.2 Å². The molecule has 0 amide bonds. The molecule has 0 saturated heterocycles. The van der Waals surface area contributed by atoms with Crippen molar-refractivity contribution < 1.29 is 19.1 Å². The van der Waals surface area contributed by atoms with E-state index in [1.807, 2.05) is 13.0 Å². The van der Waals surface area contributed by atoms with Crippen LogP contribution in [0.5, 0.6) is 0 Å². The number of hydrogen-bond donors (Lipinski definition) is 0. The van der Waals surface area contributed by atoms with Gasteiger partial charge in [0.05, 0.1) is 13.2 Å². The number of carbonyl (C=O) groups excluding carboxylic acids is 2. The molecule has 0 aliphatic heterocycles. The minimum absolute atomic E-state index is 0.0474. The lowest BCUT2D eigenvalue weighted by Gasteiger charge is -2.30. The molecule has 2 rings (SSSR count). The van der Waals surface area contributed by atoms with E-state index in [2.05, 4.69) is 19.2 Å². The summed E-state index contributed by atoms with van der Waals surface area (Å²) in [5.41, 5.74) is -1.08. The predicted molar refractivity (Wildman–Crippen MR) is 88.3 cm³/mol. The van der Waals surface area contributed by atoms with Crippen LogP contribution in [0.4, 0.5) is 0 Å². The van der Waals surface area contributed by atoms with Crippen molar-refractivity contribution in [2.24, 2.45) is 17.3 Å². The first kappa shape index (κ1) is 17.3. The van der Waals surface area contributed by atoms with Gasteiger partial charge in [0.1, 0.15) is 0 Å². The van der Waals surface area contributed by atoms with E-state index in [0.717, 1.165) is 25.3 Å². The van der Waals surface area contributed by atoms with Crippen LogP contribution >= 0.6 is 0 Å². The number of ether oxygens (including phenoxy) is 2. The van der Waals surface area contributed by atoms with Crippen molar-refractivity contribution in [2.75, 3.05) is 13.2 Å². The van der Waals surface area contributed by atoms with Crippen LogP contribution in [0.2, 0.25) is 19.1 Å². The average molecular weight is 324 g/mol. The largest absolute Gasteiger partial charge is 0.465 e. The van der Waals surface area contributed by atoms with Crippen molar-refractivity contribution >= 4 is 20.7 Å². The minimum Gasteiger partial charge on any atom is -0.465 e. The maximum atomic E-state index is 12.7. The Morgan fingerprint density at radius 2 is 1.86 bits per heavy atom. The molecule has 2 aliphatic carbocycles. The van der Waals surface area contributed by atoms with E-state index >= 15 is 0 Å². The molecule has 1 fully saturated rings. The highest BCUT2D eigenvalue weighted by molar-refractivity contribution is 6.55. The lowest BCUT2D eigenvalue weighted by molar-refractivity contribution is -0.175. The van der Waals surface area contributed by atoms with Crippen molar-refractivity contribution in [2.45, 2.75) is 51.7 Å². The number of esters is 2. The smallest absolute Gasteiger partial charge is 0.324 e. The second kappa shape index (κ2) is 7.44. The Hall–Kier alpha value is -1.10. The van der Waals surface area contributed by atoms with Gasteiger partial charge >= 0.3 is 11.9 Å². The Morgan fingerprint density at radius 3 is 2.36 bits per heavy atom. The summed E-state index contributed by atoms with van der Waals surface area (Å²) in [6, 6.07) is 1.16. The van der Waals surface area contributed by atoms with E-state index < -0.39 is 14.2 Å². The molecule has 5 heteroatoms. The van der Waals surface area contributed by atoms with Crippen LogP contribution < -0.4 is 0 Å². The molecule has 2 bridgehead atoms. The summed E-state index contributed by atoms with van der Waals surface area (Å²) >= 11 is 0. The van der Waals surface area contributed by atoms with Crippen LogP contribution in [0, 0.1) is 17.3 Å². The summed E-state index contributed by atoms with van der Waals surface area (Å²) in [5.74, 6) is -0.478. The molecule has 0 aromatic rings. The first-order valence-corrected chi connectivity index (χ1v) is 11.7. The summed E-state index contributed by atoms with van der Waals surface area (Å²) < 4.78 is 10.8. The van der Waals surface area contributed by atoms with Crippen molar-refractivity contribution in [3.05, 3.63) is 12.2 Å². The van der Waals surface area contributed by atoms with Gasteiger partial charge < -0.3 is 9.47 Å². The predicted octanol–water partition coefficient (Wildman–Crippen LogP) is 2.94. The van der Waals surface area contributed by atoms with Crippen molar-refractivity contribution in [1.82, 2.24) is 0 Å². The third kappa shape index (κ3) is 3.45.